The Labute approximate surface area is 272 Å². The fraction of sp³-hybridized carbons (Fsp3) is 0.0698. The van der Waals surface area contributed by atoms with E-state index in [1.807, 2.05) is 0 Å². The molecule has 6 aromatic carbocycles. The molecule has 9 aromatic rings. The normalized spacial score (nSPS) is 13.5. The molecule has 222 valence electrons. The van der Waals surface area contributed by atoms with Gasteiger partial charge in [-0.1, -0.05) is 105 Å². The van der Waals surface area contributed by atoms with Gasteiger partial charge in [0.15, 0.2) is 0 Å². The van der Waals surface area contributed by atoms with Crippen molar-refractivity contribution in [2.45, 2.75) is 19.3 Å². The van der Waals surface area contributed by atoms with Crippen molar-refractivity contribution in [1.82, 2.24) is 19.1 Å². The van der Waals surface area contributed by atoms with Gasteiger partial charge in [0, 0.05) is 44.4 Å². The number of benzene rings is 6. The molecule has 0 spiro atoms. The summed E-state index contributed by atoms with van der Waals surface area (Å²) in [6, 6.07) is 49.9. The van der Waals surface area contributed by atoms with Gasteiger partial charge in [-0.05, 0) is 70.8 Å². The van der Waals surface area contributed by atoms with Crippen LogP contribution in [0.15, 0.2) is 146 Å². The molecule has 0 saturated heterocycles. The number of aromatic nitrogens is 4. The third-order valence-corrected chi connectivity index (χ3v) is 10.2. The van der Waals surface area contributed by atoms with Gasteiger partial charge in [0.1, 0.15) is 0 Å². The van der Waals surface area contributed by atoms with Crippen LogP contribution in [0.5, 0.6) is 0 Å². The number of hydrogen-bond acceptors (Lipinski definition) is 2. The predicted octanol–water partition coefficient (Wildman–Crippen LogP) is 10.6. The smallest absolute Gasteiger partial charge is 0.235 e. The first-order chi connectivity index (χ1) is 23.1. The predicted molar refractivity (Wildman–Crippen MR) is 194 cm³/mol. The minimum atomic E-state index is -0.0953. The summed E-state index contributed by atoms with van der Waals surface area (Å²) in [5.41, 5.74) is 12.7. The maximum Gasteiger partial charge on any atom is 0.235 e. The van der Waals surface area contributed by atoms with E-state index in [4.69, 9.17) is 9.97 Å². The topological polar surface area (TPSA) is 35.6 Å². The average molecular weight is 603 g/mol. The molecule has 1 aliphatic carbocycles. The van der Waals surface area contributed by atoms with Crippen LogP contribution >= 0.6 is 0 Å². The minimum Gasteiger partial charge on any atom is -0.317 e. The Hall–Kier alpha value is -6.00. The first-order valence-electron chi connectivity index (χ1n) is 16.2. The molecule has 0 N–H and O–H groups in total. The van der Waals surface area contributed by atoms with Gasteiger partial charge < -0.3 is 4.57 Å². The van der Waals surface area contributed by atoms with Crippen LogP contribution in [0.3, 0.4) is 0 Å². The molecule has 0 atom stereocenters. The molecule has 0 aliphatic heterocycles. The van der Waals surface area contributed by atoms with Crippen LogP contribution in [0.4, 0.5) is 0 Å². The van der Waals surface area contributed by atoms with Crippen molar-refractivity contribution < 1.29 is 0 Å². The molecule has 3 heterocycles. The summed E-state index contributed by atoms with van der Waals surface area (Å²) in [7, 11) is 0. The lowest BCUT2D eigenvalue weighted by Gasteiger charge is -2.22. The first-order valence-corrected chi connectivity index (χ1v) is 16.2. The lowest BCUT2D eigenvalue weighted by Crippen LogP contribution is -2.15. The van der Waals surface area contributed by atoms with Crippen LogP contribution in [0, 0.1) is 0 Å². The minimum absolute atomic E-state index is 0.0953. The number of rotatable bonds is 3. The van der Waals surface area contributed by atoms with E-state index in [1.165, 1.54) is 43.9 Å². The fourth-order valence-corrected chi connectivity index (χ4v) is 7.95. The summed E-state index contributed by atoms with van der Waals surface area (Å²) >= 11 is 0. The Morgan fingerprint density at radius 1 is 0.532 bits per heavy atom. The second-order valence-electron chi connectivity index (χ2n) is 13.1. The molecular weight excluding hydrogens is 573 g/mol. The molecule has 3 aromatic heterocycles. The fourth-order valence-electron chi connectivity index (χ4n) is 7.95. The zero-order valence-electron chi connectivity index (χ0n) is 26.1. The number of nitrogens with zero attached hydrogens (tertiary/aromatic N) is 4. The van der Waals surface area contributed by atoms with Crippen molar-refractivity contribution in [3.8, 4) is 34.0 Å². The molecule has 0 unspecified atom stereocenters. The summed E-state index contributed by atoms with van der Waals surface area (Å²) in [6.07, 6.45) is 2.17. The second kappa shape index (κ2) is 9.51. The van der Waals surface area contributed by atoms with Gasteiger partial charge in [0.05, 0.1) is 27.8 Å². The van der Waals surface area contributed by atoms with Crippen LogP contribution in [0.25, 0.3) is 77.6 Å². The van der Waals surface area contributed by atoms with Gasteiger partial charge in [0.25, 0.3) is 0 Å². The Kier molecular flexibility index (Phi) is 5.31. The summed E-state index contributed by atoms with van der Waals surface area (Å²) in [5, 5.41) is 4.66. The standard InChI is InChI=1S/C43H30N4/c1-43(2)34-17-9-6-14-29(34)30-21-20-27(26-35(30)43)41-31-15-7-10-18-36(31)44-42(45-41)47-38-19-11-8-16-32(38)40-33-24-25-46(28-12-4-3-5-13-28)37(33)22-23-39(40)47/h3-26H,1-2H3. The van der Waals surface area contributed by atoms with Crippen molar-refractivity contribution in [1.29, 1.82) is 0 Å². The summed E-state index contributed by atoms with van der Waals surface area (Å²) < 4.78 is 4.51. The molecule has 4 nitrogen and oxygen atoms in total. The molecule has 10 rings (SSSR count). The van der Waals surface area contributed by atoms with Gasteiger partial charge in [-0.2, -0.15) is 0 Å². The Morgan fingerprint density at radius 3 is 2.13 bits per heavy atom. The Bertz CT molecular complexity index is 2710. The lowest BCUT2D eigenvalue weighted by molar-refractivity contribution is 0.660. The van der Waals surface area contributed by atoms with Crippen molar-refractivity contribution in [3.05, 3.63) is 157 Å². The largest absolute Gasteiger partial charge is 0.317 e. The maximum absolute atomic E-state index is 5.42. The molecule has 0 bridgehead atoms. The van der Waals surface area contributed by atoms with E-state index in [1.54, 1.807) is 0 Å². The van der Waals surface area contributed by atoms with Crippen molar-refractivity contribution in [3.63, 3.8) is 0 Å². The molecule has 1 aliphatic rings. The quantitative estimate of drug-likeness (QED) is 0.202. The van der Waals surface area contributed by atoms with Crippen LogP contribution in [-0.4, -0.2) is 19.1 Å². The highest BCUT2D eigenvalue weighted by Crippen LogP contribution is 2.49. The summed E-state index contributed by atoms with van der Waals surface area (Å²) in [4.78, 5) is 10.6. The molecule has 0 amide bonds. The molecule has 47 heavy (non-hydrogen) atoms. The van der Waals surface area contributed by atoms with E-state index in [-0.39, 0.29) is 5.41 Å². The van der Waals surface area contributed by atoms with Gasteiger partial charge in [-0.25, -0.2) is 9.97 Å². The van der Waals surface area contributed by atoms with Gasteiger partial charge in [0.2, 0.25) is 5.95 Å². The molecule has 0 fully saturated rings. The molecule has 0 saturated carbocycles. The van der Waals surface area contributed by atoms with Crippen LogP contribution in [0.1, 0.15) is 25.0 Å². The first kappa shape index (κ1) is 26.2. The van der Waals surface area contributed by atoms with Crippen LogP contribution < -0.4 is 0 Å². The van der Waals surface area contributed by atoms with Gasteiger partial charge >= 0.3 is 0 Å². The zero-order chi connectivity index (χ0) is 31.3. The molecule has 0 radical (unpaired) electrons. The third kappa shape index (κ3) is 3.64. The number of fused-ring (bicyclic) bond motifs is 9. The number of para-hydroxylation sites is 3. The van der Waals surface area contributed by atoms with E-state index < -0.39 is 0 Å². The van der Waals surface area contributed by atoms with Gasteiger partial charge in [-0.15, -0.1) is 0 Å². The number of hydrogen-bond donors (Lipinski definition) is 0. The molecule has 4 heteroatoms. The van der Waals surface area contributed by atoms with E-state index in [0.717, 1.165) is 38.9 Å². The van der Waals surface area contributed by atoms with E-state index >= 15 is 0 Å². The summed E-state index contributed by atoms with van der Waals surface area (Å²) in [5.74, 6) is 0.676. The van der Waals surface area contributed by atoms with E-state index in [0.29, 0.717) is 5.95 Å². The van der Waals surface area contributed by atoms with E-state index in [2.05, 4.69) is 169 Å². The lowest BCUT2D eigenvalue weighted by atomic mass is 9.82. The highest BCUT2D eigenvalue weighted by Gasteiger charge is 2.35. The van der Waals surface area contributed by atoms with E-state index in [9.17, 15) is 0 Å². The Balaban J connectivity index is 1.23. The maximum atomic E-state index is 5.42. The molecular formula is C43H30N4. The monoisotopic (exact) mass is 602 g/mol. The zero-order valence-corrected chi connectivity index (χ0v) is 26.1. The Morgan fingerprint density at radius 2 is 1.23 bits per heavy atom. The summed E-state index contributed by atoms with van der Waals surface area (Å²) in [6.45, 7) is 4.66. The second-order valence-corrected chi connectivity index (χ2v) is 13.1. The third-order valence-electron chi connectivity index (χ3n) is 10.2. The van der Waals surface area contributed by atoms with Crippen molar-refractivity contribution in [2.75, 3.05) is 0 Å². The highest BCUT2D eigenvalue weighted by atomic mass is 15.2. The van der Waals surface area contributed by atoms with Crippen LogP contribution in [0.2, 0.25) is 0 Å². The van der Waals surface area contributed by atoms with Gasteiger partial charge in [-0.3, -0.25) is 4.57 Å². The highest BCUT2D eigenvalue weighted by molar-refractivity contribution is 6.21. The van der Waals surface area contributed by atoms with Crippen molar-refractivity contribution in [2.24, 2.45) is 0 Å². The average Bonchev–Trinajstić information content (AvgIpc) is 3.77. The SMILES string of the molecule is CC1(C)c2ccccc2-c2ccc(-c3nc(-n4c5ccccc5c5c6ccn(-c7ccccc7)c6ccc54)nc4ccccc34)cc21. The van der Waals surface area contributed by atoms with Crippen molar-refractivity contribution >= 4 is 43.6 Å². The van der Waals surface area contributed by atoms with Crippen LogP contribution in [-0.2, 0) is 5.41 Å².